The Morgan fingerprint density at radius 1 is 1.15 bits per heavy atom. The molecule has 0 radical (unpaired) electrons. The summed E-state index contributed by atoms with van der Waals surface area (Å²) in [6, 6.07) is 10.7. The first-order valence-electron chi connectivity index (χ1n) is 9.32. The lowest BCUT2D eigenvalue weighted by molar-refractivity contribution is 0.0203. The number of carbonyl (C=O) groups is 1. The molecule has 0 saturated carbocycles. The molecule has 5 nitrogen and oxygen atoms in total. The van der Waals surface area contributed by atoms with Crippen molar-refractivity contribution in [1.82, 2.24) is 14.7 Å². The zero-order chi connectivity index (χ0) is 18.9. The van der Waals surface area contributed by atoms with E-state index in [-0.39, 0.29) is 6.09 Å². The van der Waals surface area contributed by atoms with Crippen molar-refractivity contribution in [1.29, 1.82) is 0 Å². The molecule has 5 heteroatoms. The number of amides is 1. The number of carbonyl (C=O) groups excluding carboxylic acids is 1. The van der Waals surface area contributed by atoms with E-state index >= 15 is 0 Å². The van der Waals surface area contributed by atoms with Gasteiger partial charge >= 0.3 is 6.09 Å². The lowest BCUT2D eigenvalue weighted by atomic mass is 9.93. The van der Waals surface area contributed by atoms with E-state index in [1.165, 1.54) is 11.3 Å². The van der Waals surface area contributed by atoms with Crippen LogP contribution in [0.15, 0.2) is 30.3 Å². The summed E-state index contributed by atoms with van der Waals surface area (Å²) in [6.07, 6.45) is 1.67. The van der Waals surface area contributed by atoms with Crippen LogP contribution in [0.5, 0.6) is 0 Å². The lowest BCUT2D eigenvalue weighted by Gasteiger charge is -2.33. The third kappa shape index (κ3) is 4.26. The van der Waals surface area contributed by atoms with Crippen LogP contribution in [0, 0.1) is 6.92 Å². The highest BCUT2D eigenvalue weighted by Gasteiger charge is 2.29. The molecule has 1 saturated heterocycles. The first-order valence-corrected chi connectivity index (χ1v) is 9.32. The van der Waals surface area contributed by atoms with Crippen molar-refractivity contribution in [2.75, 3.05) is 13.1 Å². The van der Waals surface area contributed by atoms with Gasteiger partial charge in [0.05, 0.1) is 5.69 Å². The van der Waals surface area contributed by atoms with Gasteiger partial charge in [-0.2, -0.15) is 5.10 Å². The van der Waals surface area contributed by atoms with E-state index in [0.29, 0.717) is 5.92 Å². The van der Waals surface area contributed by atoms with Crippen molar-refractivity contribution in [2.45, 2.75) is 52.1 Å². The van der Waals surface area contributed by atoms with Gasteiger partial charge in [-0.3, -0.25) is 4.68 Å². The Kier molecular flexibility index (Phi) is 5.08. The maximum Gasteiger partial charge on any atom is 0.410 e. The quantitative estimate of drug-likeness (QED) is 0.796. The summed E-state index contributed by atoms with van der Waals surface area (Å²) in [6.45, 7) is 9.25. The fourth-order valence-corrected chi connectivity index (χ4v) is 3.41. The minimum atomic E-state index is -0.446. The van der Waals surface area contributed by atoms with E-state index < -0.39 is 5.60 Å². The summed E-state index contributed by atoms with van der Waals surface area (Å²) < 4.78 is 7.47. The molecule has 3 rings (SSSR count). The molecule has 0 bridgehead atoms. The van der Waals surface area contributed by atoms with Gasteiger partial charge in [0.15, 0.2) is 0 Å². The number of benzene rings is 1. The number of aryl methyl sites for hydroxylation is 2. The van der Waals surface area contributed by atoms with Gasteiger partial charge in [0.2, 0.25) is 0 Å². The molecule has 1 fully saturated rings. The first kappa shape index (κ1) is 18.5. The van der Waals surface area contributed by atoms with E-state index in [9.17, 15) is 4.79 Å². The van der Waals surface area contributed by atoms with Gasteiger partial charge in [-0.15, -0.1) is 0 Å². The average molecular weight is 355 g/mol. The molecule has 1 aromatic heterocycles. The summed E-state index contributed by atoms with van der Waals surface area (Å²) in [5.74, 6) is 0.422. The fourth-order valence-electron chi connectivity index (χ4n) is 3.41. The zero-order valence-corrected chi connectivity index (χ0v) is 16.5. The Balaban J connectivity index is 1.66. The summed E-state index contributed by atoms with van der Waals surface area (Å²) in [7, 11) is 2.01. The molecule has 2 aromatic rings. The SMILES string of the molecule is Cc1ccc(-c2cc(C3CCN(C(=O)OC(C)(C)C)CC3)n(C)n2)cc1. The topological polar surface area (TPSA) is 47.4 Å². The maximum atomic E-state index is 12.2. The normalized spacial score (nSPS) is 16.0. The van der Waals surface area contributed by atoms with Crippen LogP contribution in [-0.4, -0.2) is 39.5 Å². The van der Waals surface area contributed by atoms with E-state index in [0.717, 1.165) is 37.2 Å². The van der Waals surface area contributed by atoms with Crippen LogP contribution >= 0.6 is 0 Å². The zero-order valence-electron chi connectivity index (χ0n) is 16.5. The Hall–Kier alpha value is -2.30. The number of hydrogen-bond acceptors (Lipinski definition) is 3. The van der Waals surface area contributed by atoms with Gasteiger partial charge in [0, 0.05) is 37.3 Å². The number of likely N-dealkylation sites (tertiary alicyclic amines) is 1. The molecule has 0 aliphatic carbocycles. The molecule has 0 unspecified atom stereocenters. The van der Waals surface area contributed by atoms with Crippen molar-refractivity contribution < 1.29 is 9.53 Å². The van der Waals surface area contributed by atoms with Gasteiger partial charge in [0.25, 0.3) is 0 Å². The predicted molar refractivity (Wildman–Crippen MR) is 103 cm³/mol. The molecular formula is C21H29N3O2. The van der Waals surface area contributed by atoms with Crippen molar-refractivity contribution in [3.05, 3.63) is 41.6 Å². The van der Waals surface area contributed by atoms with Crippen LogP contribution in [0.3, 0.4) is 0 Å². The van der Waals surface area contributed by atoms with E-state index in [4.69, 9.17) is 9.84 Å². The number of nitrogens with zero attached hydrogens (tertiary/aromatic N) is 3. The number of piperidine rings is 1. The molecule has 2 heterocycles. The van der Waals surface area contributed by atoms with Gasteiger partial charge < -0.3 is 9.64 Å². The Morgan fingerprint density at radius 3 is 2.35 bits per heavy atom. The van der Waals surface area contributed by atoms with Gasteiger partial charge in [-0.25, -0.2) is 4.79 Å². The van der Waals surface area contributed by atoms with Crippen molar-refractivity contribution in [3.8, 4) is 11.3 Å². The van der Waals surface area contributed by atoms with Crippen LogP contribution in [0.2, 0.25) is 0 Å². The summed E-state index contributed by atoms with van der Waals surface area (Å²) in [5, 5.41) is 4.70. The fraction of sp³-hybridized carbons (Fsp3) is 0.524. The molecule has 0 spiro atoms. The van der Waals surface area contributed by atoms with Crippen LogP contribution in [0.25, 0.3) is 11.3 Å². The van der Waals surface area contributed by atoms with Crippen molar-refractivity contribution in [3.63, 3.8) is 0 Å². The molecule has 0 N–H and O–H groups in total. The predicted octanol–water partition coefficient (Wildman–Crippen LogP) is 4.51. The van der Waals surface area contributed by atoms with E-state index in [1.54, 1.807) is 0 Å². The largest absolute Gasteiger partial charge is 0.444 e. The molecule has 1 aromatic carbocycles. The lowest BCUT2D eigenvalue weighted by Crippen LogP contribution is -2.41. The van der Waals surface area contributed by atoms with Gasteiger partial charge in [-0.1, -0.05) is 29.8 Å². The van der Waals surface area contributed by atoms with Gasteiger partial charge in [-0.05, 0) is 46.6 Å². The molecule has 1 aliphatic rings. The minimum absolute atomic E-state index is 0.207. The highest BCUT2D eigenvalue weighted by atomic mass is 16.6. The van der Waals surface area contributed by atoms with E-state index in [1.807, 2.05) is 37.4 Å². The highest BCUT2D eigenvalue weighted by Crippen LogP contribution is 2.31. The molecule has 26 heavy (non-hydrogen) atoms. The summed E-state index contributed by atoms with van der Waals surface area (Å²) >= 11 is 0. The van der Waals surface area contributed by atoms with Crippen molar-refractivity contribution in [2.24, 2.45) is 7.05 Å². The number of hydrogen-bond donors (Lipinski definition) is 0. The molecular weight excluding hydrogens is 326 g/mol. The number of aromatic nitrogens is 2. The number of rotatable bonds is 2. The summed E-state index contributed by atoms with van der Waals surface area (Å²) in [4.78, 5) is 14.0. The average Bonchev–Trinajstić information content (AvgIpc) is 2.96. The second-order valence-electron chi connectivity index (χ2n) is 8.19. The van der Waals surface area contributed by atoms with Crippen LogP contribution < -0.4 is 0 Å². The number of ether oxygens (including phenoxy) is 1. The third-order valence-electron chi connectivity index (χ3n) is 4.83. The molecule has 1 aliphatic heterocycles. The van der Waals surface area contributed by atoms with Crippen LogP contribution in [-0.2, 0) is 11.8 Å². The standard InChI is InChI=1S/C21H29N3O2/c1-15-6-8-16(9-7-15)18-14-19(23(5)22-18)17-10-12-24(13-11-17)20(25)26-21(2,3)4/h6-9,14,17H,10-13H2,1-5H3. The second-order valence-corrected chi connectivity index (χ2v) is 8.19. The Labute approximate surface area is 156 Å². The third-order valence-corrected chi connectivity index (χ3v) is 4.83. The maximum absolute atomic E-state index is 12.2. The summed E-state index contributed by atoms with van der Waals surface area (Å²) in [5.41, 5.74) is 4.20. The monoisotopic (exact) mass is 355 g/mol. The van der Waals surface area contributed by atoms with Crippen LogP contribution in [0.1, 0.15) is 50.8 Å². The Bertz CT molecular complexity index is 764. The first-order chi connectivity index (χ1) is 12.2. The van der Waals surface area contributed by atoms with Crippen LogP contribution in [0.4, 0.5) is 4.79 Å². The molecule has 140 valence electrons. The Morgan fingerprint density at radius 2 is 1.77 bits per heavy atom. The highest BCUT2D eigenvalue weighted by molar-refractivity contribution is 5.68. The van der Waals surface area contributed by atoms with Gasteiger partial charge in [0.1, 0.15) is 5.60 Å². The van der Waals surface area contributed by atoms with E-state index in [2.05, 4.69) is 37.3 Å². The molecule has 1 amide bonds. The van der Waals surface area contributed by atoms with Crippen molar-refractivity contribution >= 4 is 6.09 Å². The molecule has 0 atom stereocenters. The smallest absolute Gasteiger partial charge is 0.410 e. The second kappa shape index (κ2) is 7.14. The minimum Gasteiger partial charge on any atom is -0.444 e.